The number of anilines is 2. The van der Waals surface area contributed by atoms with Gasteiger partial charge in [-0.1, -0.05) is 42.5 Å². The maximum atomic E-state index is 12.4. The average molecular weight is 468 g/mol. The fourth-order valence-electron chi connectivity index (χ4n) is 4.44. The van der Waals surface area contributed by atoms with Gasteiger partial charge in [0.05, 0.1) is 11.3 Å². The number of rotatable bonds is 9. The normalized spacial score (nSPS) is 18.8. The highest BCUT2D eigenvalue weighted by molar-refractivity contribution is 7.88. The first-order valence-corrected chi connectivity index (χ1v) is 13.2. The second kappa shape index (κ2) is 10.5. The van der Waals surface area contributed by atoms with E-state index in [2.05, 4.69) is 15.0 Å². The van der Waals surface area contributed by atoms with Gasteiger partial charge in [-0.05, 0) is 55.2 Å². The Bertz CT molecular complexity index is 1160. The Morgan fingerprint density at radius 3 is 2.21 bits per heavy atom. The number of para-hydroxylation sites is 1. The van der Waals surface area contributed by atoms with Gasteiger partial charge < -0.3 is 10.2 Å². The van der Waals surface area contributed by atoms with Gasteiger partial charge in [-0.3, -0.25) is 0 Å². The van der Waals surface area contributed by atoms with Crippen LogP contribution >= 0.6 is 0 Å². The fraction of sp³-hybridized carbons (Fsp3) is 0.440. The molecule has 0 aliphatic heterocycles. The molecule has 0 bridgehead atoms. The average Bonchev–Trinajstić information content (AvgIpc) is 2.82. The van der Waals surface area contributed by atoms with Gasteiger partial charge in [0.15, 0.2) is 0 Å². The molecule has 4 rings (SSSR count). The Labute approximate surface area is 196 Å². The second-order valence-electron chi connectivity index (χ2n) is 9.14. The number of benzene rings is 2. The third-order valence-corrected chi connectivity index (χ3v) is 7.63. The lowest BCUT2D eigenvalue weighted by molar-refractivity contribution is 0.284. The molecule has 1 heterocycles. The van der Waals surface area contributed by atoms with Crippen molar-refractivity contribution in [2.45, 2.75) is 31.4 Å². The molecule has 0 unspecified atom stereocenters. The van der Waals surface area contributed by atoms with Crippen LogP contribution in [-0.4, -0.2) is 45.6 Å². The van der Waals surface area contributed by atoms with E-state index in [1.54, 1.807) is 0 Å². The summed E-state index contributed by atoms with van der Waals surface area (Å²) < 4.78 is 27.6. The van der Waals surface area contributed by atoms with E-state index in [0.29, 0.717) is 24.3 Å². The van der Waals surface area contributed by atoms with Gasteiger partial charge in [0, 0.05) is 32.6 Å². The van der Waals surface area contributed by atoms with Crippen molar-refractivity contribution in [2.75, 3.05) is 37.4 Å². The summed E-state index contributed by atoms with van der Waals surface area (Å²) in [6, 6.07) is 17.4. The third kappa shape index (κ3) is 6.42. The molecular weight excluding hydrogens is 434 g/mol. The summed E-state index contributed by atoms with van der Waals surface area (Å²) in [6.07, 6.45) is 4.21. The predicted octanol–water partition coefficient (Wildman–Crippen LogP) is 4.03. The monoisotopic (exact) mass is 467 g/mol. The number of nitrogens with zero attached hydrogens (tertiary/aromatic N) is 3. The summed E-state index contributed by atoms with van der Waals surface area (Å²) >= 11 is 0. The van der Waals surface area contributed by atoms with Gasteiger partial charge in [0.1, 0.15) is 5.82 Å². The van der Waals surface area contributed by atoms with Crippen LogP contribution in [0, 0.1) is 11.8 Å². The molecule has 0 radical (unpaired) electrons. The molecule has 176 valence electrons. The molecule has 8 heteroatoms. The lowest BCUT2D eigenvalue weighted by Crippen LogP contribution is -2.33. The topological polar surface area (TPSA) is 87.2 Å². The van der Waals surface area contributed by atoms with Crippen molar-refractivity contribution >= 4 is 32.7 Å². The number of aromatic nitrogens is 2. The van der Waals surface area contributed by atoms with E-state index in [1.807, 2.05) is 73.6 Å². The van der Waals surface area contributed by atoms with Crippen molar-refractivity contribution in [1.82, 2.24) is 14.7 Å². The molecule has 1 aliphatic carbocycles. The van der Waals surface area contributed by atoms with E-state index in [-0.39, 0.29) is 5.75 Å². The molecule has 3 aromatic rings. The summed E-state index contributed by atoms with van der Waals surface area (Å²) in [7, 11) is 0.682. The van der Waals surface area contributed by atoms with E-state index in [4.69, 9.17) is 4.98 Å². The first-order chi connectivity index (χ1) is 15.9. The fourth-order valence-corrected chi connectivity index (χ4v) is 5.67. The van der Waals surface area contributed by atoms with E-state index >= 15 is 0 Å². The maximum absolute atomic E-state index is 12.4. The molecular formula is C25H33N5O2S. The molecule has 2 aromatic carbocycles. The molecule has 33 heavy (non-hydrogen) atoms. The highest BCUT2D eigenvalue weighted by atomic mass is 32.2. The molecule has 7 nitrogen and oxygen atoms in total. The summed E-state index contributed by atoms with van der Waals surface area (Å²) in [5, 5.41) is 4.48. The lowest BCUT2D eigenvalue weighted by Gasteiger charge is -2.28. The van der Waals surface area contributed by atoms with Crippen LogP contribution in [-0.2, 0) is 15.8 Å². The smallest absolute Gasteiger partial charge is 0.225 e. The zero-order valence-electron chi connectivity index (χ0n) is 19.4. The molecule has 1 saturated carbocycles. The maximum Gasteiger partial charge on any atom is 0.225 e. The summed E-state index contributed by atoms with van der Waals surface area (Å²) in [4.78, 5) is 11.4. The number of fused-ring (bicyclic) bond motifs is 1. The van der Waals surface area contributed by atoms with Crippen molar-refractivity contribution in [3.05, 3.63) is 60.2 Å². The Kier molecular flexibility index (Phi) is 7.45. The zero-order chi connectivity index (χ0) is 23.3. The number of hydrogen-bond donors (Lipinski definition) is 2. The Morgan fingerprint density at radius 2 is 1.52 bits per heavy atom. The van der Waals surface area contributed by atoms with Gasteiger partial charge in [0.2, 0.25) is 16.0 Å². The Balaban J connectivity index is 1.25. The highest BCUT2D eigenvalue weighted by Gasteiger charge is 2.23. The van der Waals surface area contributed by atoms with E-state index < -0.39 is 10.0 Å². The van der Waals surface area contributed by atoms with Crippen molar-refractivity contribution in [1.29, 1.82) is 0 Å². The first kappa shape index (κ1) is 23.4. The number of sulfonamides is 1. The minimum Gasteiger partial charge on any atom is -0.362 e. The largest absolute Gasteiger partial charge is 0.362 e. The Hall–Kier alpha value is -2.71. The standard InChI is InChI=1S/C25H33N5O2S/c1-30(2)24-22-10-6-7-11-23(22)28-25(29-24)26-16-19-12-14-20(15-13-19)17-27-33(31,32)18-21-8-4-3-5-9-21/h3-11,19-20,27H,12-18H2,1-2H3,(H,26,28,29)/t19-,20-. The number of nitrogens with one attached hydrogen (secondary N) is 2. The molecule has 1 aromatic heterocycles. The predicted molar refractivity (Wildman–Crippen MR) is 135 cm³/mol. The summed E-state index contributed by atoms with van der Waals surface area (Å²) in [6.45, 7) is 1.35. The summed E-state index contributed by atoms with van der Waals surface area (Å²) in [5.74, 6) is 2.54. The first-order valence-electron chi connectivity index (χ1n) is 11.6. The van der Waals surface area contributed by atoms with Gasteiger partial charge in [0.25, 0.3) is 0 Å². The minimum atomic E-state index is -3.31. The molecule has 0 spiro atoms. The SMILES string of the molecule is CN(C)c1nc(NC[C@H]2CC[C@H](CNS(=O)(=O)Cc3ccccc3)CC2)nc2ccccc12. The van der Waals surface area contributed by atoms with Gasteiger partial charge in [-0.2, -0.15) is 4.98 Å². The van der Waals surface area contributed by atoms with Crippen LogP contribution in [0.2, 0.25) is 0 Å². The van der Waals surface area contributed by atoms with Crippen molar-refractivity contribution in [3.63, 3.8) is 0 Å². The molecule has 0 atom stereocenters. The molecule has 0 saturated heterocycles. The molecule has 1 fully saturated rings. The lowest BCUT2D eigenvalue weighted by atomic mass is 9.82. The quantitative estimate of drug-likeness (QED) is 0.494. The van der Waals surface area contributed by atoms with E-state index in [9.17, 15) is 8.42 Å². The van der Waals surface area contributed by atoms with Crippen LogP contribution in [0.1, 0.15) is 31.2 Å². The van der Waals surface area contributed by atoms with Crippen LogP contribution in [0.25, 0.3) is 10.9 Å². The van der Waals surface area contributed by atoms with Gasteiger partial charge in [-0.25, -0.2) is 18.1 Å². The Morgan fingerprint density at radius 1 is 0.879 bits per heavy atom. The van der Waals surface area contributed by atoms with Gasteiger partial charge >= 0.3 is 0 Å². The molecule has 2 N–H and O–H groups in total. The van der Waals surface area contributed by atoms with Crippen LogP contribution in [0.4, 0.5) is 11.8 Å². The minimum absolute atomic E-state index is 0.0355. The highest BCUT2D eigenvalue weighted by Crippen LogP contribution is 2.29. The second-order valence-corrected chi connectivity index (χ2v) is 11.0. The molecule has 0 amide bonds. The summed E-state index contributed by atoms with van der Waals surface area (Å²) in [5.41, 5.74) is 1.75. The van der Waals surface area contributed by atoms with Crippen LogP contribution in [0.15, 0.2) is 54.6 Å². The van der Waals surface area contributed by atoms with Crippen LogP contribution in [0.5, 0.6) is 0 Å². The van der Waals surface area contributed by atoms with Crippen molar-refractivity contribution in [2.24, 2.45) is 11.8 Å². The molecule has 1 aliphatic rings. The van der Waals surface area contributed by atoms with Crippen molar-refractivity contribution in [3.8, 4) is 0 Å². The van der Waals surface area contributed by atoms with Gasteiger partial charge in [-0.15, -0.1) is 0 Å². The zero-order valence-corrected chi connectivity index (χ0v) is 20.2. The van der Waals surface area contributed by atoms with E-state index in [0.717, 1.165) is 54.5 Å². The third-order valence-electron chi connectivity index (χ3n) is 6.31. The van der Waals surface area contributed by atoms with Crippen LogP contribution in [0.3, 0.4) is 0 Å². The van der Waals surface area contributed by atoms with Crippen LogP contribution < -0.4 is 14.9 Å². The van der Waals surface area contributed by atoms with E-state index in [1.165, 1.54) is 0 Å². The number of hydrogen-bond acceptors (Lipinski definition) is 6. The van der Waals surface area contributed by atoms with Crippen molar-refractivity contribution < 1.29 is 8.42 Å².